The highest BCUT2D eigenvalue weighted by atomic mass is 16.5. The highest BCUT2D eigenvalue weighted by Gasteiger charge is 2.67. The van der Waals surface area contributed by atoms with Crippen LogP contribution in [0.1, 0.15) is 0 Å². The summed E-state index contributed by atoms with van der Waals surface area (Å²) in [4.78, 5) is 25.9. The van der Waals surface area contributed by atoms with E-state index < -0.39 is 29.5 Å². The molecule has 22 heavy (non-hydrogen) atoms. The van der Waals surface area contributed by atoms with E-state index in [-0.39, 0.29) is 5.91 Å². The van der Waals surface area contributed by atoms with Crippen LogP contribution < -0.4 is 9.64 Å². The summed E-state index contributed by atoms with van der Waals surface area (Å²) in [7, 11) is 1.56. The van der Waals surface area contributed by atoms with Crippen molar-refractivity contribution in [2.75, 3.05) is 18.6 Å². The van der Waals surface area contributed by atoms with E-state index >= 15 is 0 Å². The topological polar surface area (TPSA) is 76.1 Å². The fraction of sp³-hybridized carbons (Fsp3) is 0.375. The summed E-state index contributed by atoms with van der Waals surface area (Å²) in [6, 6.07) is 7.17. The number of carbonyl (C=O) groups is 2. The van der Waals surface area contributed by atoms with Gasteiger partial charge in [-0.2, -0.15) is 0 Å². The van der Waals surface area contributed by atoms with E-state index in [0.29, 0.717) is 18.0 Å². The monoisotopic (exact) mass is 301 g/mol. The van der Waals surface area contributed by atoms with Crippen LogP contribution >= 0.6 is 0 Å². The number of ether oxygens (including phenoxy) is 2. The van der Waals surface area contributed by atoms with E-state index in [1.807, 2.05) is 12.1 Å². The highest BCUT2D eigenvalue weighted by molar-refractivity contribution is 6.02. The van der Waals surface area contributed by atoms with Crippen molar-refractivity contribution < 1.29 is 24.2 Å². The van der Waals surface area contributed by atoms with Gasteiger partial charge in [-0.05, 0) is 12.1 Å². The Labute approximate surface area is 126 Å². The Morgan fingerprint density at radius 2 is 2.32 bits per heavy atom. The zero-order valence-corrected chi connectivity index (χ0v) is 11.9. The lowest BCUT2D eigenvalue weighted by molar-refractivity contribution is -0.146. The maximum atomic E-state index is 12.8. The minimum atomic E-state index is -0.984. The van der Waals surface area contributed by atoms with E-state index in [0.717, 1.165) is 0 Å². The maximum absolute atomic E-state index is 12.8. The van der Waals surface area contributed by atoms with Crippen molar-refractivity contribution in [3.8, 4) is 5.75 Å². The van der Waals surface area contributed by atoms with Crippen LogP contribution in [0.15, 0.2) is 36.4 Å². The zero-order chi connectivity index (χ0) is 15.5. The molecule has 4 atom stereocenters. The van der Waals surface area contributed by atoms with Gasteiger partial charge in [0.25, 0.3) is 0 Å². The van der Waals surface area contributed by atoms with Crippen LogP contribution in [0.4, 0.5) is 5.69 Å². The Bertz CT molecular complexity index is 700. The lowest BCUT2D eigenvalue weighted by Gasteiger charge is -2.21. The van der Waals surface area contributed by atoms with E-state index in [1.54, 1.807) is 36.3 Å². The molecule has 114 valence electrons. The highest BCUT2D eigenvalue weighted by Crippen LogP contribution is 2.52. The average molecular weight is 301 g/mol. The number of anilines is 1. The van der Waals surface area contributed by atoms with Crippen molar-refractivity contribution in [3.63, 3.8) is 0 Å². The average Bonchev–Trinajstić information content (AvgIpc) is 3.15. The predicted octanol–water partition coefficient (Wildman–Crippen LogP) is 1.07. The number of benzene rings is 1. The smallest absolute Gasteiger partial charge is 0.310 e. The van der Waals surface area contributed by atoms with Gasteiger partial charge in [0.05, 0.1) is 25.7 Å². The third-order valence-corrected chi connectivity index (χ3v) is 4.75. The number of hydrogen-bond donors (Lipinski definition) is 1. The number of nitrogens with zero attached hydrogens (tertiary/aromatic N) is 1. The molecular weight excluding hydrogens is 286 g/mol. The molecule has 1 amide bonds. The van der Waals surface area contributed by atoms with Gasteiger partial charge in [0.1, 0.15) is 17.3 Å². The molecule has 2 bridgehead atoms. The molecule has 2 fully saturated rings. The summed E-state index contributed by atoms with van der Waals surface area (Å²) in [6.45, 7) is 0.334. The SMILES string of the molecule is COc1cccc(N2C[C@@]34C=C[C@H](O3)[C@H](C(=O)O)[C@@H]4C2=O)c1. The van der Waals surface area contributed by atoms with Gasteiger partial charge in [0.2, 0.25) is 5.91 Å². The van der Waals surface area contributed by atoms with Crippen molar-refractivity contribution in [3.05, 3.63) is 36.4 Å². The van der Waals surface area contributed by atoms with Crippen LogP contribution in [0.2, 0.25) is 0 Å². The van der Waals surface area contributed by atoms with Gasteiger partial charge in [0.15, 0.2) is 0 Å². The Balaban J connectivity index is 1.73. The second-order valence-electron chi connectivity index (χ2n) is 5.86. The second kappa shape index (κ2) is 4.33. The predicted molar refractivity (Wildman–Crippen MR) is 76.7 cm³/mol. The Kier molecular flexibility index (Phi) is 2.62. The maximum Gasteiger partial charge on any atom is 0.310 e. The quantitative estimate of drug-likeness (QED) is 0.845. The first-order valence-corrected chi connectivity index (χ1v) is 7.11. The summed E-state index contributed by atoms with van der Waals surface area (Å²) in [6.07, 6.45) is 3.11. The molecule has 4 rings (SSSR count). The van der Waals surface area contributed by atoms with Crippen LogP contribution in [0.5, 0.6) is 5.75 Å². The number of carboxylic acids is 1. The number of carboxylic acid groups (broad SMARTS) is 1. The molecular formula is C16H15NO5. The van der Waals surface area contributed by atoms with E-state index in [1.165, 1.54) is 0 Å². The fourth-order valence-corrected chi connectivity index (χ4v) is 3.78. The molecule has 6 heteroatoms. The lowest BCUT2D eigenvalue weighted by atomic mass is 9.77. The Hall–Kier alpha value is -2.34. The van der Waals surface area contributed by atoms with Gasteiger partial charge in [-0.25, -0.2) is 0 Å². The number of amides is 1. The van der Waals surface area contributed by atoms with Crippen molar-refractivity contribution >= 4 is 17.6 Å². The summed E-state index contributed by atoms with van der Waals surface area (Å²) >= 11 is 0. The first-order valence-electron chi connectivity index (χ1n) is 7.11. The molecule has 0 unspecified atom stereocenters. The van der Waals surface area contributed by atoms with E-state index in [9.17, 15) is 14.7 Å². The molecule has 3 aliphatic heterocycles. The molecule has 0 aliphatic carbocycles. The third-order valence-electron chi connectivity index (χ3n) is 4.75. The number of aliphatic carboxylic acids is 1. The van der Waals surface area contributed by atoms with E-state index in [4.69, 9.17) is 9.47 Å². The molecule has 0 saturated carbocycles. The van der Waals surface area contributed by atoms with Crippen LogP contribution in [0, 0.1) is 11.8 Å². The number of rotatable bonds is 3. The molecule has 0 aromatic heterocycles. The van der Waals surface area contributed by atoms with Gasteiger partial charge in [-0.15, -0.1) is 0 Å². The standard InChI is InChI=1S/C16H15NO5/c1-21-10-4-2-3-9(7-10)17-8-16-6-5-11(22-16)12(15(19)20)13(16)14(17)18/h2-7,11-13H,8H2,1H3,(H,19,20)/t11-,12-,13+,16+/m0/s1. The number of carbonyl (C=O) groups excluding carboxylic acids is 1. The van der Waals surface area contributed by atoms with Crippen LogP contribution in [-0.4, -0.2) is 42.3 Å². The summed E-state index contributed by atoms with van der Waals surface area (Å²) in [5, 5.41) is 9.43. The molecule has 2 saturated heterocycles. The molecule has 1 spiro atoms. The van der Waals surface area contributed by atoms with Gasteiger partial charge in [-0.3, -0.25) is 9.59 Å². The molecule has 1 N–H and O–H groups in total. The van der Waals surface area contributed by atoms with Crippen LogP contribution in [-0.2, 0) is 14.3 Å². The molecule has 1 aromatic rings. The number of fused-ring (bicyclic) bond motifs is 1. The minimum absolute atomic E-state index is 0.201. The summed E-state index contributed by atoms with van der Waals surface area (Å²) in [5.74, 6) is -2.01. The number of methoxy groups -OCH3 is 1. The summed E-state index contributed by atoms with van der Waals surface area (Å²) < 4.78 is 11.0. The van der Waals surface area contributed by atoms with Gasteiger partial charge in [0, 0.05) is 11.8 Å². The largest absolute Gasteiger partial charge is 0.497 e. The first-order chi connectivity index (χ1) is 10.6. The van der Waals surface area contributed by atoms with E-state index in [2.05, 4.69) is 0 Å². The van der Waals surface area contributed by atoms with Crippen LogP contribution in [0.25, 0.3) is 0 Å². The minimum Gasteiger partial charge on any atom is -0.497 e. The fourth-order valence-electron chi connectivity index (χ4n) is 3.78. The Morgan fingerprint density at radius 1 is 1.50 bits per heavy atom. The molecule has 0 radical (unpaired) electrons. The third kappa shape index (κ3) is 1.58. The van der Waals surface area contributed by atoms with Crippen LogP contribution in [0.3, 0.4) is 0 Å². The first kappa shape index (κ1) is 13.3. The molecule has 3 aliphatic rings. The molecule has 1 aromatic carbocycles. The molecule has 3 heterocycles. The van der Waals surface area contributed by atoms with Crippen molar-refractivity contribution in [1.82, 2.24) is 0 Å². The normalized spacial score (nSPS) is 35.0. The van der Waals surface area contributed by atoms with Gasteiger partial charge < -0.3 is 19.5 Å². The molecule has 6 nitrogen and oxygen atoms in total. The zero-order valence-electron chi connectivity index (χ0n) is 11.9. The lowest BCUT2D eigenvalue weighted by Crippen LogP contribution is -2.39. The van der Waals surface area contributed by atoms with Crippen molar-refractivity contribution in [2.45, 2.75) is 11.7 Å². The summed E-state index contributed by atoms with van der Waals surface area (Å²) in [5.41, 5.74) is -0.119. The van der Waals surface area contributed by atoms with Crippen molar-refractivity contribution in [2.24, 2.45) is 11.8 Å². The Morgan fingerprint density at radius 3 is 3.05 bits per heavy atom. The van der Waals surface area contributed by atoms with Crippen molar-refractivity contribution in [1.29, 1.82) is 0 Å². The number of hydrogen-bond acceptors (Lipinski definition) is 4. The van der Waals surface area contributed by atoms with Gasteiger partial charge >= 0.3 is 5.97 Å². The second-order valence-corrected chi connectivity index (χ2v) is 5.86. The van der Waals surface area contributed by atoms with Gasteiger partial charge in [-0.1, -0.05) is 18.2 Å².